The maximum absolute atomic E-state index is 12.5. The maximum Gasteiger partial charge on any atom is 0.488 e. The molecule has 0 aliphatic heterocycles. The fourth-order valence-corrected chi connectivity index (χ4v) is 4.51. The predicted molar refractivity (Wildman–Crippen MR) is 126 cm³/mol. The number of hydrogen-bond acceptors (Lipinski definition) is 5. The average Bonchev–Trinajstić information content (AvgIpc) is 3.12. The highest BCUT2D eigenvalue weighted by Crippen LogP contribution is 2.44. The van der Waals surface area contributed by atoms with E-state index in [4.69, 9.17) is 10.3 Å². The summed E-state index contributed by atoms with van der Waals surface area (Å²) < 4.78 is 5.55. The summed E-state index contributed by atoms with van der Waals surface area (Å²) in [6, 6.07) is 17.8. The van der Waals surface area contributed by atoms with Crippen LogP contribution >= 0.6 is 0 Å². The first-order chi connectivity index (χ1) is 15.9. The van der Waals surface area contributed by atoms with Crippen LogP contribution in [0.3, 0.4) is 0 Å². The highest BCUT2D eigenvalue weighted by molar-refractivity contribution is 6.60. The van der Waals surface area contributed by atoms with E-state index >= 15 is 0 Å². The van der Waals surface area contributed by atoms with Gasteiger partial charge in [0.2, 0.25) is 0 Å². The van der Waals surface area contributed by atoms with Crippen molar-refractivity contribution < 1.29 is 19.6 Å². The molecule has 0 spiro atoms. The van der Waals surface area contributed by atoms with Crippen LogP contribution in [-0.4, -0.2) is 29.9 Å². The Labute approximate surface area is 191 Å². The SMILES string of the molecule is Cc1c(CNC(=O)OCC2c3ccccc3-c3ccccc32)cc(N=[N+]=[N-])c(C)c1B(O)O. The zero-order valence-electron chi connectivity index (χ0n) is 18.3. The number of carbonyl (C=O) groups excluding carboxylic acids is 1. The van der Waals surface area contributed by atoms with Crippen molar-refractivity contribution in [2.45, 2.75) is 26.3 Å². The second kappa shape index (κ2) is 9.38. The van der Waals surface area contributed by atoms with Gasteiger partial charge in [0, 0.05) is 23.1 Å². The van der Waals surface area contributed by atoms with Crippen LogP contribution in [0.1, 0.15) is 33.7 Å². The highest BCUT2D eigenvalue weighted by Gasteiger charge is 2.29. The van der Waals surface area contributed by atoms with Crippen LogP contribution in [0.5, 0.6) is 0 Å². The summed E-state index contributed by atoms with van der Waals surface area (Å²) in [5, 5.41) is 25.8. The number of rotatable bonds is 6. The average molecular weight is 442 g/mol. The summed E-state index contributed by atoms with van der Waals surface area (Å²) in [4.78, 5) is 15.3. The number of nitrogens with one attached hydrogen (secondary N) is 1. The van der Waals surface area contributed by atoms with Crippen molar-refractivity contribution in [3.05, 3.63) is 92.9 Å². The lowest BCUT2D eigenvalue weighted by molar-refractivity contribution is 0.142. The molecule has 3 aromatic rings. The molecule has 0 radical (unpaired) electrons. The van der Waals surface area contributed by atoms with Crippen LogP contribution in [0.15, 0.2) is 59.7 Å². The minimum atomic E-state index is -1.73. The molecule has 3 aromatic carbocycles. The molecule has 1 aliphatic rings. The Kier molecular flexibility index (Phi) is 6.37. The fraction of sp³-hybridized carbons (Fsp3) is 0.208. The molecule has 1 aliphatic carbocycles. The molecule has 166 valence electrons. The smallest absolute Gasteiger partial charge is 0.449 e. The van der Waals surface area contributed by atoms with Crippen LogP contribution in [0, 0.1) is 13.8 Å². The third-order valence-corrected chi connectivity index (χ3v) is 6.16. The first-order valence-electron chi connectivity index (χ1n) is 10.6. The second-order valence-electron chi connectivity index (χ2n) is 7.96. The van der Waals surface area contributed by atoms with Gasteiger partial charge in [-0.1, -0.05) is 53.6 Å². The fourth-order valence-electron chi connectivity index (χ4n) is 4.51. The maximum atomic E-state index is 12.5. The van der Waals surface area contributed by atoms with Gasteiger partial charge in [-0.2, -0.15) is 0 Å². The van der Waals surface area contributed by atoms with E-state index in [0.717, 1.165) is 22.3 Å². The van der Waals surface area contributed by atoms with E-state index in [0.29, 0.717) is 16.7 Å². The zero-order valence-corrected chi connectivity index (χ0v) is 18.3. The standard InChI is InChI=1S/C24H23BN4O4/c1-14-16(11-22(28-29-26)15(2)23(14)25(31)32)12-27-24(30)33-13-21-19-9-5-3-7-17(19)18-8-4-6-10-20(18)21/h3-11,21,31-32H,12-13H2,1-2H3,(H,27,30). The van der Waals surface area contributed by atoms with Gasteiger partial charge < -0.3 is 20.1 Å². The van der Waals surface area contributed by atoms with Crippen molar-refractivity contribution >= 4 is 24.4 Å². The number of hydrogen-bond donors (Lipinski definition) is 3. The first-order valence-corrected chi connectivity index (χ1v) is 10.6. The summed E-state index contributed by atoms with van der Waals surface area (Å²) in [5.74, 6) is -0.0445. The van der Waals surface area contributed by atoms with E-state index in [1.54, 1.807) is 19.9 Å². The molecule has 1 amide bonds. The summed E-state index contributed by atoms with van der Waals surface area (Å²) in [6.07, 6.45) is -0.590. The largest absolute Gasteiger partial charge is 0.488 e. The number of alkyl carbamates (subject to hydrolysis) is 1. The molecular weight excluding hydrogens is 419 g/mol. The topological polar surface area (TPSA) is 128 Å². The summed E-state index contributed by atoms with van der Waals surface area (Å²) >= 11 is 0. The van der Waals surface area contributed by atoms with Crippen LogP contribution in [0.4, 0.5) is 10.5 Å². The van der Waals surface area contributed by atoms with Crippen LogP contribution < -0.4 is 10.8 Å². The summed E-state index contributed by atoms with van der Waals surface area (Å²) in [5.41, 5.74) is 15.6. The number of benzene rings is 3. The van der Waals surface area contributed by atoms with Gasteiger partial charge in [-0.25, -0.2) is 4.79 Å². The van der Waals surface area contributed by atoms with E-state index in [9.17, 15) is 14.8 Å². The van der Waals surface area contributed by atoms with Crippen LogP contribution in [0.2, 0.25) is 0 Å². The summed E-state index contributed by atoms with van der Waals surface area (Å²) in [6.45, 7) is 3.64. The van der Waals surface area contributed by atoms with E-state index in [1.165, 1.54) is 0 Å². The minimum Gasteiger partial charge on any atom is -0.449 e. The van der Waals surface area contributed by atoms with Gasteiger partial charge in [-0.3, -0.25) is 0 Å². The van der Waals surface area contributed by atoms with Gasteiger partial charge in [0.05, 0.1) is 0 Å². The van der Waals surface area contributed by atoms with Gasteiger partial charge in [0.25, 0.3) is 0 Å². The first kappa shape index (κ1) is 22.4. The van der Waals surface area contributed by atoms with Crippen molar-refractivity contribution in [1.29, 1.82) is 0 Å². The number of ether oxygens (including phenoxy) is 1. The zero-order chi connectivity index (χ0) is 23.5. The van der Waals surface area contributed by atoms with Crippen LogP contribution in [-0.2, 0) is 11.3 Å². The van der Waals surface area contributed by atoms with Crippen molar-refractivity contribution in [2.75, 3.05) is 6.61 Å². The van der Waals surface area contributed by atoms with Crippen molar-refractivity contribution in [2.24, 2.45) is 5.11 Å². The quantitative estimate of drug-likeness (QED) is 0.231. The van der Waals surface area contributed by atoms with Gasteiger partial charge in [0.1, 0.15) is 6.61 Å². The van der Waals surface area contributed by atoms with E-state index in [2.05, 4.69) is 39.6 Å². The molecule has 3 N–H and O–H groups in total. The van der Waals surface area contributed by atoms with Crippen LogP contribution in [0.25, 0.3) is 21.6 Å². The number of carbonyl (C=O) groups is 1. The van der Waals surface area contributed by atoms with Gasteiger partial charge in [-0.05, 0) is 69.9 Å². The molecule has 8 nitrogen and oxygen atoms in total. The van der Waals surface area contributed by atoms with E-state index in [-0.39, 0.29) is 30.2 Å². The molecule has 0 fully saturated rings. The lowest BCUT2D eigenvalue weighted by Crippen LogP contribution is -2.36. The van der Waals surface area contributed by atoms with E-state index < -0.39 is 13.2 Å². The Balaban J connectivity index is 1.47. The normalized spacial score (nSPS) is 11.9. The Hall–Kier alpha value is -3.78. The second-order valence-corrected chi connectivity index (χ2v) is 7.96. The van der Waals surface area contributed by atoms with Gasteiger partial charge >= 0.3 is 13.2 Å². The predicted octanol–water partition coefficient (Wildman–Crippen LogP) is 3.96. The monoisotopic (exact) mass is 442 g/mol. The molecule has 0 saturated heterocycles. The number of amides is 1. The molecule has 0 heterocycles. The minimum absolute atomic E-state index is 0.0445. The third kappa shape index (κ3) is 4.30. The number of fused-ring (bicyclic) bond motifs is 3. The molecule has 0 atom stereocenters. The molecular formula is C24H23BN4O4. The Morgan fingerprint density at radius 3 is 2.27 bits per heavy atom. The lowest BCUT2D eigenvalue weighted by atomic mass is 9.72. The molecule has 0 aromatic heterocycles. The number of nitrogens with zero attached hydrogens (tertiary/aromatic N) is 3. The Morgan fingerprint density at radius 2 is 1.70 bits per heavy atom. The van der Waals surface area contributed by atoms with Crippen molar-refractivity contribution in [3.63, 3.8) is 0 Å². The molecule has 0 bridgehead atoms. The van der Waals surface area contributed by atoms with E-state index in [1.807, 2.05) is 24.3 Å². The molecule has 9 heteroatoms. The van der Waals surface area contributed by atoms with Gasteiger partial charge in [-0.15, -0.1) is 0 Å². The molecule has 0 unspecified atom stereocenters. The third-order valence-electron chi connectivity index (χ3n) is 6.16. The number of azide groups is 1. The molecule has 33 heavy (non-hydrogen) atoms. The molecule has 4 rings (SSSR count). The lowest BCUT2D eigenvalue weighted by Gasteiger charge is -2.17. The van der Waals surface area contributed by atoms with Gasteiger partial charge in [0.15, 0.2) is 0 Å². The van der Waals surface area contributed by atoms with Crippen molar-refractivity contribution in [1.82, 2.24) is 5.32 Å². The Bertz CT molecular complexity index is 1230. The highest BCUT2D eigenvalue weighted by atomic mass is 16.5. The van der Waals surface area contributed by atoms with Crippen molar-refractivity contribution in [3.8, 4) is 11.1 Å². The Morgan fingerprint density at radius 1 is 1.09 bits per heavy atom. The molecule has 0 saturated carbocycles. The summed E-state index contributed by atoms with van der Waals surface area (Å²) in [7, 11) is -1.73.